The Hall–Kier alpha value is -1.66. The number of nitrogens with zero attached hydrogens (tertiary/aromatic N) is 1. The number of likely N-dealkylation sites (tertiary alicyclic amines) is 1. The topological polar surface area (TPSA) is 70.4 Å². The zero-order valence-corrected chi connectivity index (χ0v) is 21.3. The maximum atomic E-state index is 12.9. The minimum Gasteiger partial charge on any atom is -0.342 e. The molecular weight excluding hydrogens is 444 g/mol. The molecule has 2 aliphatic rings. The molecule has 34 heavy (non-hydrogen) atoms. The van der Waals surface area contributed by atoms with Gasteiger partial charge in [0.15, 0.2) is 0 Å². The number of nitrogens with one attached hydrogen (secondary N) is 2. The lowest BCUT2D eigenvalue weighted by Gasteiger charge is -2.32. The monoisotopic (exact) mass is 486 g/mol. The van der Waals surface area contributed by atoms with Gasteiger partial charge in [0.25, 0.3) is 0 Å². The Morgan fingerprint density at radius 1 is 0.912 bits per heavy atom. The fraction of sp³-hybridized carbons (Fsp3) is 0.607. The van der Waals surface area contributed by atoms with Crippen molar-refractivity contribution in [3.8, 4) is 0 Å². The summed E-state index contributed by atoms with van der Waals surface area (Å²) < 4.78 is 0. The van der Waals surface area contributed by atoms with Crippen LogP contribution in [0.5, 0.6) is 0 Å². The summed E-state index contributed by atoms with van der Waals surface area (Å²) in [7, 11) is 0. The van der Waals surface area contributed by atoms with Gasteiger partial charge in [0.05, 0.1) is 6.42 Å². The van der Waals surface area contributed by atoms with E-state index in [0.29, 0.717) is 24.4 Å². The highest BCUT2D eigenvalue weighted by molar-refractivity contribution is 5.90. The summed E-state index contributed by atoms with van der Waals surface area (Å²) in [6.45, 7) is 5.09. The molecule has 1 amide bonds. The molecule has 4 N–H and O–H groups in total. The fourth-order valence-electron chi connectivity index (χ4n) is 5.42. The van der Waals surface area contributed by atoms with E-state index in [9.17, 15) is 4.79 Å². The van der Waals surface area contributed by atoms with E-state index in [0.717, 1.165) is 51.1 Å². The Balaban J connectivity index is 0.00000324. The number of nitrogens with two attached hydrogens (primary N) is 1. The lowest BCUT2D eigenvalue weighted by Crippen LogP contribution is -2.41. The predicted octanol–water partition coefficient (Wildman–Crippen LogP) is 4.27. The van der Waals surface area contributed by atoms with Crippen molar-refractivity contribution in [3.63, 3.8) is 0 Å². The summed E-state index contributed by atoms with van der Waals surface area (Å²) in [5, 5.41) is 9.77. The van der Waals surface area contributed by atoms with Gasteiger partial charge in [-0.1, -0.05) is 42.5 Å². The third kappa shape index (κ3) is 7.94. The largest absolute Gasteiger partial charge is 0.342 e. The molecule has 1 aliphatic carbocycles. The van der Waals surface area contributed by atoms with Crippen molar-refractivity contribution >= 4 is 29.1 Å². The van der Waals surface area contributed by atoms with Crippen molar-refractivity contribution in [3.05, 3.63) is 48.0 Å². The van der Waals surface area contributed by atoms with Crippen LogP contribution in [0.15, 0.2) is 42.5 Å². The summed E-state index contributed by atoms with van der Waals surface area (Å²) in [6, 6.07) is 15.7. The van der Waals surface area contributed by atoms with Gasteiger partial charge in [-0.2, -0.15) is 0 Å². The number of hydrogen-bond donors (Lipinski definition) is 3. The van der Waals surface area contributed by atoms with Crippen LogP contribution in [0.25, 0.3) is 10.8 Å². The Labute approximate surface area is 211 Å². The van der Waals surface area contributed by atoms with Crippen molar-refractivity contribution < 1.29 is 4.79 Å². The molecule has 0 spiro atoms. The molecule has 4 rings (SSSR count). The molecule has 1 saturated carbocycles. The molecule has 0 atom stereocenters. The number of amides is 1. The number of piperidine rings is 1. The van der Waals surface area contributed by atoms with Crippen LogP contribution in [-0.4, -0.2) is 55.6 Å². The number of unbranched alkanes of at least 4 members (excludes halogenated alkanes) is 1. The maximum absolute atomic E-state index is 12.9. The average Bonchev–Trinajstić information content (AvgIpc) is 2.85. The number of rotatable bonds is 10. The number of benzene rings is 2. The van der Waals surface area contributed by atoms with Crippen LogP contribution in [0.1, 0.15) is 56.9 Å². The molecule has 1 heterocycles. The van der Waals surface area contributed by atoms with Crippen molar-refractivity contribution in [1.82, 2.24) is 15.5 Å². The lowest BCUT2D eigenvalue weighted by molar-refractivity contribution is -0.131. The first-order valence-electron chi connectivity index (χ1n) is 13.1. The smallest absolute Gasteiger partial charge is 0.227 e. The van der Waals surface area contributed by atoms with E-state index in [1.807, 2.05) is 0 Å². The van der Waals surface area contributed by atoms with Crippen LogP contribution >= 0.6 is 12.4 Å². The fourth-order valence-corrected chi connectivity index (χ4v) is 5.42. The summed E-state index contributed by atoms with van der Waals surface area (Å²) in [5.41, 5.74) is 7.13. The summed E-state index contributed by atoms with van der Waals surface area (Å²) in [6.07, 6.45) is 10.0. The first kappa shape index (κ1) is 26.9. The SMILES string of the molecule is Cl.NC1CCC(NCCCCNCC2CCN(C(=O)Cc3cccc4ccccc34)CC2)CC1. The van der Waals surface area contributed by atoms with Crippen LogP contribution in [0.3, 0.4) is 0 Å². The van der Waals surface area contributed by atoms with Crippen LogP contribution < -0.4 is 16.4 Å². The molecule has 0 aromatic heterocycles. The summed E-state index contributed by atoms with van der Waals surface area (Å²) in [4.78, 5) is 15.0. The van der Waals surface area contributed by atoms with Gasteiger partial charge in [-0.05, 0) is 93.3 Å². The molecule has 0 bridgehead atoms. The highest BCUT2D eigenvalue weighted by Gasteiger charge is 2.23. The van der Waals surface area contributed by atoms with Gasteiger partial charge in [0.2, 0.25) is 5.91 Å². The minimum absolute atomic E-state index is 0. The number of hydrogen-bond acceptors (Lipinski definition) is 4. The van der Waals surface area contributed by atoms with Gasteiger partial charge in [-0.15, -0.1) is 12.4 Å². The third-order valence-corrected chi connectivity index (χ3v) is 7.61. The Morgan fingerprint density at radius 3 is 2.41 bits per heavy atom. The normalized spacial score (nSPS) is 21.4. The van der Waals surface area contributed by atoms with Crippen LogP contribution in [0.2, 0.25) is 0 Å². The van der Waals surface area contributed by atoms with Crippen LogP contribution in [0, 0.1) is 5.92 Å². The first-order valence-corrected chi connectivity index (χ1v) is 13.1. The highest BCUT2D eigenvalue weighted by Crippen LogP contribution is 2.22. The van der Waals surface area contributed by atoms with Gasteiger partial charge in [-0.3, -0.25) is 4.79 Å². The second-order valence-electron chi connectivity index (χ2n) is 10.1. The predicted molar refractivity (Wildman–Crippen MR) is 145 cm³/mol. The van der Waals surface area contributed by atoms with E-state index in [1.54, 1.807) is 0 Å². The van der Waals surface area contributed by atoms with Crippen molar-refractivity contribution in [2.45, 2.75) is 69.9 Å². The Morgan fingerprint density at radius 2 is 1.62 bits per heavy atom. The van der Waals surface area contributed by atoms with Crippen LogP contribution in [-0.2, 0) is 11.2 Å². The van der Waals surface area contributed by atoms with Crippen molar-refractivity contribution in [2.75, 3.05) is 32.7 Å². The van der Waals surface area contributed by atoms with E-state index in [2.05, 4.69) is 58.0 Å². The van der Waals surface area contributed by atoms with Gasteiger partial charge in [-0.25, -0.2) is 0 Å². The quantitative estimate of drug-likeness (QED) is 0.438. The maximum Gasteiger partial charge on any atom is 0.227 e. The second-order valence-corrected chi connectivity index (χ2v) is 10.1. The molecule has 0 radical (unpaired) electrons. The highest BCUT2D eigenvalue weighted by atomic mass is 35.5. The zero-order chi connectivity index (χ0) is 22.9. The van der Waals surface area contributed by atoms with Crippen molar-refractivity contribution in [2.24, 2.45) is 11.7 Å². The van der Waals surface area contributed by atoms with E-state index in [4.69, 9.17) is 5.73 Å². The standard InChI is InChI=1S/C28H42N4O.ClH/c29-25-10-12-26(13-11-25)31-17-4-3-16-30-21-22-14-18-32(19-15-22)28(33)20-24-8-5-7-23-6-1-2-9-27(23)24;/h1-2,5-9,22,25-26,30-31H,3-4,10-21,29H2;1H. The number of carbonyl (C=O) groups excluding carboxylic acids is 1. The molecule has 2 aromatic carbocycles. The molecule has 188 valence electrons. The molecule has 1 saturated heterocycles. The number of halogens is 1. The van der Waals surface area contributed by atoms with E-state index >= 15 is 0 Å². The zero-order valence-electron chi connectivity index (χ0n) is 20.5. The molecule has 1 aliphatic heterocycles. The van der Waals surface area contributed by atoms with Gasteiger partial charge in [0, 0.05) is 25.2 Å². The van der Waals surface area contributed by atoms with E-state index < -0.39 is 0 Å². The minimum atomic E-state index is 0. The van der Waals surface area contributed by atoms with E-state index in [-0.39, 0.29) is 18.3 Å². The molecule has 0 unspecified atom stereocenters. The van der Waals surface area contributed by atoms with Gasteiger partial charge < -0.3 is 21.3 Å². The molecule has 2 fully saturated rings. The molecule has 2 aromatic rings. The molecule has 5 nitrogen and oxygen atoms in total. The van der Waals surface area contributed by atoms with Gasteiger partial charge >= 0.3 is 0 Å². The lowest BCUT2D eigenvalue weighted by atomic mass is 9.92. The summed E-state index contributed by atoms with van der Waals surface area (Å²) in [5.74, 6) is 0.960. The molecular formula is C28H43ClN4O. The average molecular weight is 487 g/mol. The summed E-state index contributed by atoms with van der Waals surface area (Å²) >= 11 is 0. The van der Waals surface area contributed by atoms with E-state index in [1.165, 1.54) is 49.3 Å². The van der Waals surface area contributed by atoms with Crippen LogP contribution in [0.4, 0.5) is 0 Å². The van der Waals surface area contributed by atoms with Gasteiger partial charge in [0.1, 0.15) is 0 Å². The number of carbonyl (C=O) groups is 1. The molecule has 6 heteroatoms. The number of fused-ring (bicyclic) bond motifs is 1. The first-order chi connectivity index (χ1) is 16.2. The Kier molecular flexibility index (Phi) is 11.1. The van der Waals surface area contributed by atoms with Crippen molar-refractivity contribution in [1.29, 1.82) is 0 Å². The third-order valence-electron chi connectivity index (χ3n) is 7.61. The Bertz CT molecular complexity index is 870. The second kappa shape index (κ2) is 14.0.